The molecule has 1 fully saturated rings. The monoisotopic (exact) mass is 330 g/mol. The summed E-state index contributed by atoms with van der Waals surface area (Å²) in [6.45, 7) is 4.92. The smallest absolute Gasteiger partial charge is 0.263 e. The van der Waals surface area contributed by atoms with Crippen LogP contribution in [0.15, 0.2) is 18.5 Å². The SMILES string of the molecule is Cc1nc(-c2ncccn2)sc1C(=O)NCC1CCCC(C)C1. The molecule has 1 amide bonds. The van der Waals surface area contributed by atoms with Gasteiger partial charge in [-0.3, -0.25) is 4.79 Å². The fraction of sp³-hybridized carbons (Fsp3) is 0.529. The zero-order valence-electron chi connectivity index (χ0n) is 13.6. The summed E-state index contributed by atoms with van der Waals surface area (Å²) in [5.74, 6) is 1.92. The number of aromatic nitrogens is 3. The second kappa shape index (κ2) is 7.17. The number of carbonyl (C=O) groups excluding carboxylic acids is 1. The van der Waals surface area contributed by atoms with Crippen LogP contribution in [0, 0.1) is 18.8 Å². The molecule has 0 spiro atoms. The van der Waals surface area contributed by atoms with Crippen molar-refractivity contribution in [1.29, 1.82) is 0 Å². The van der Waals surface area contributed by atoms with E-state index in [1.807, 2.05) is 6.92 Å². The van der Waals surface area contributed by atoms with Crippen molar-refractivity contribution in [1.82, 2.24) is 20.3 Å². The lowest BCUT2D eigenvalue weighted by Gasteiger charge is -2.26. The first kappa shape index (κ1) is 16.1. The van der Waals surface area contributed by atoms with Gasteiger partial charge in [0.2, 0.25) is 0 Å². The number of hydrogen-bond acceptors (Lipinski definition) is 5. The lowest BCUT2D eigenvalue weighted by Crippen LogP contribution is -2.31. The molecule has 2 heterocycles. The maximum Gasteiger partial charge on any atom is 0.263 e. The number of aryl methyl sites for hydroxylation is 1. The van der Waals surface area contributed by atoms with Crippen LogP contribution >= 0.6 is 11.3 Å². The highest BCUT2D eigenvalue weighted by atomic mass is 32.1. The largest absolute Gasteiger partial charge is 0.351 e. The van der Waals surface area contributed by atoms with Gasteiger partial charge < -0.3 is 5.32 Å². The molecule has 2 aromatic heterocycles. The van der Waals surface area contributed by atoms with Crippen molar-refractivity contribution < 1.29 is 4.79 Å². The van der Waals surface area contributed by atoms with Gasteiger partial charge in [-0.2, -0.15) is 0 Å². The number of hydrogen-bond donors (Lipinski definition) is 1. The summed E-state index contributed by atoms with van der Waals surface area (Å²) in [6, 6.07) is 1.77. The van der Waals surface area contributed by atoms with Gasteiger partial charge in [0.1, 0.15) is 4.88 Å². The van der Waals surface area contributed by atoms with Crippen LogP contribution in [0.1, 0.15) is 48.0 Å². The van der Waals surface area contributed by atoms with Crippen LogP contribution < -0.4 is 5.32 Å². The standard InChI is InChI=1S/C17H22N4OS/c1-11-5-3-6-13(9-11)10-20-16(22)14-12(2)21-17(23-14)15-18-7-4-8-19-15/h4,7-8,11,13H,3,5-6,9-10H2,1-2H3,(H,20,22). The van der Waals surface area contributed by atoms with Crippen molar-refractivity contribution in [2.75, 3.05) is 6.54 Å². The fourth-order valence-electron chi connectivity index (χ4n) is 3.17. The van der Waals surface area contributed by atoms with Crippen LogP contribution in [-0.2, 0) is 0 Å². The first-order valence-corrected chi connectivity index (χ1v) is 8.98. The average Bonchev–Trinajstić information content (AvgIpc) is 2.95. The van der Waals surface area contributed by atoms with E-state index in [2.05, 4.69) is 27.2 Å². The molecular weight excluding hydrogens is 308 g/mol. The summed E-state index contributed by atoms with van der Waals surface area (Å²) >= 11 is 1.36. The normalized spacial score (nSPS) is 21.1. The summed E-state index contributed by atoms with van der Waals surface area (Å²) in [6.07, 6.45) is 8.39. The number of thiazole rings is 1. The van der Waals surface area contributed by atoms with Gasteiger partial charge >= 0.3 is 0 Å². The first-order chi connectivity index (χ1) is 11.1. The van der Waals surface area contributed by atoms with Gasteiger partial charge in [0, 0.05) is 18.9 Å². The van der Waals surface area contributed by atoms with E-state index in [1.165, 1.54) is 37.0 Å². The van der Waals surface area contributed by atoms with Crippen molar-refractivity contribution in [2.24, 2.45) is 11.8 Å². The Morgan fingerprint density at radius 3 is 2.87 bits per heavy atom. The van der Waals surface area contributed by atoms with Crippen LogP contribution in [0.2, 0.25) is 0 Å². The Balaban J connectivity index is 1.64. The van der Waals surface area contributed by atoms with Gasteiger partial charge in [-0.25, -0.2) is 15.0 Å². The van der Waals surface area contributed by atoms with Crippen molar-refractivity contribution in [3.8, 4) is 10.8 Å². The van der Waals surface area contributed by atoms with Crippen molar-refractivity contribution in [3.05, 3.63) is 29.0 Å². The zero-order valence-corrected chi connectivity index (χ0v) is 14.4. The maximum absolute atomic E-state index is 12.5. The van der Waals surface area contributed by atoms with E-state index in [-0.39, 0.29) is 5.91 Å². The first-order valence-electron chi connectivity index (χ1n) is 8.16. The van der Waals surface area contributed by atoms with E-state index < -0.39 is 0 Å². The summed E-state index contributed by atoms with van der Waals surface area (Å²) in [7, 11) is 0. The number of amides is 1. The molecule has 1 aliphatic rings. The van der Waals surface area contributed by atoms with Crippen molar-refractivity contribution >= 4 is 17.2 Å². The Morgan fingerprint density at radius 1 is 1.35 bits per heavy atom. The van der Waals surface area contributed by atoms with Gasteiger partial charge in [0.25, 0.3) is 5.91 Å². The van der Waals surface area contributed by atoms with Gasteiger partial charge in [0.15, 0.2) is 10.8 Å². The summed E-state index contributed by atoms with van der Waals surface area (Å²) < 4.78 is 0. The van der Waals surface area contributed by atoms with Crippen LogP contribution in [0.4, 0.5) is 0 Å². The van der Waals surface area contributed by atoms with Gasteiger partial charge in [-0.1, -0.05) is 19.8 Å². The Bertz CT molecular complexity index is 670. The van der Waals surface area contributed by atoms with Crippen LogP contribution in [0.5, 0.6) is 0 Å². The maximum atomic E-state index is 12.5. The summed E-state index contributed by atoms with van der Waals surface area (Å²) in [5, 5.41) is 3.78. The third-order valence-electron chi connectivity index (χ3n) is 4.36. The molecule has 5 nitrogen and oxygen atoms in total. The molecule has 0 radical (unpaired) electrons. The minimum Gasteiger partial charge on any atom is -0.351 e. The molecule has 0 aliphatic heterocycles. The summed E-state index contributed by atoms with van der Waals surface area (Å²) in [4.78, 5) is 25.9. The topological polar surface area (TPSA) is 67.8 Å². The molecule has 0 saturated heterocycles. The predicted molar refractivity (Wildman–Crippen MR) is 91.3 cm³/mol. The quantitative estimate of drug-likeness (QED) is 0.932. The molecule has 122 valence electrons. The number of nitrogens with one attached hydrogen (secondary N) is 1. The lowest BCUT2D eigenvalue weighted by molar-refractivity contribution is 0.0944. The second-order valence-electron chi connectivity index (χ2n) is 6.35. The van der Waals surface area contributed by atoms with E-state index in [0.717, 1.165) is 18.2 Å². The Morgan fingerprint density at radius 2 is 2.13 bits per heavy atom. The molecule has 6 heteroatoms. The zero-order chi connectivity index (χ0) is 16.2. The summed E-state index contributed by atoms with van der Waals surface area (Å²) in [5.41, 5.74) is 0.743. The number of nitrogens with zero attached hydrogens (tertiary/aromatic N) is 3. The van der Waals surface area contributed by atoms with E-state index in [4.69, 9.17) is 0 Å². The van der Waals surface area contributed by atoms with E-state index >= 15 is 0 Å². The van der Waals surface area contributed by atoms with Crippen LogP contribution in [0.3, 0.4) is 0 Å². The van der Waals surface area contributed by atoms with E-state index in [1.54, 1.807) is 18.5 Å². The van der Waals surface area contributed by atoms with Crippen LogP contribution in [0.25, 0.3) is 10.8 Å². The molecule has 2 atom stereocenters. The second-order valence-corrected chi connectivity index (χ2v) is 7.35. The molecule has 23 heavy (non-hydrogen) atoms. The van der Waals surface area contributed by atoms with Gasteiger partial charge in [-0.15, -0.1) is 11.3 Å². The molecule has 2 aromatic rings. The van der Waals surface area contributed by atoms with Gasteiger partial charge in [-0.05, 0) is 37.7 Å². The molecule has 0 bridgehead atoms. The molecule has 2 unspecified atom stereocenters. The van der Waals surface area contributed by atoms with Crippen molar-refractivity contribution in [2.45, 2.75) is 39.5 Å². The molecule has 0 aromatic carbocycles. The Labute approximate surface area is 140 Å². The lowest BCUT2D eigenvalue weighted by atomic mass is 9.82. The van der Waals surface area contributed by atoms with E-state index in [0.29, 0.717) is 21.6 Å². The Hall–Kier alpha value is -1.82. The van der Waals surface area contributed by atoms with Crippen molar-refractivity contribution in [3.63, 3.8) is 0 Å². The number of carbonyl (C=O) groups is 1. The molecule has 1 N–H and O–H groups in total. The number of rotatable bonds is 4. The molecule has 1 aliphatic carbocycles. The molecule has 3 rings (SSSR count). The fourth-order valence-corrected chi connectivity index (χ4v) is 4.11. The highest BCUT2D eigenvalue weighted by Crippen LogP contribution is 2.28. The third-order valence-corrected chi connectivity index (χ3v) is 5.51. The highest BCUT2D eigenvalue weighted by molar-refractivity contribution is 7.17. The van der Waals surface area contributed by atoms with Crippen LogP contribution in [-0.4, -0.2) is 27.4 Å². The minimum atomic E-state index is -0.0274. The molecule has 1 saturated carbocycles. The third kappa shape index (κ3) is 3.93. The average molecular weight is 330 g/mol. The highest BCUT2D eigenvalue weighted by Gasteiger charge is 2.21. The predicted octanol–water partition coefficient (Wildman–Crippen LogP) is 3.46. The van der Waals surface area contributed by atoms with Gasteiger partial charge in [0.05, 0.1) is 5.69 Å². The molecular formula is C17H22N4OS. The Kier molecular flexibility index (Phi) is 5.00. The van der Waals surface area contributed by atoms with E-state index in [9.17, 15) is 4.79 Å². The minimum absolute atomic E-state index is 0.0274.